The number of aromatic nitrogens is 3. The minimum atomic E-state index is -0.110. The molecule has 3 unspecified atom stereocenters. The number of piperazine rings is 1. The van der Waals surface area contributed by atoms with Gasteiger partial charge in [0.15, 0.2) is 11.3 Å². The monoisotopic (exact) mass is 418 g/mol. The number of aliphatic imine (C=N–C) groups is 2. The molecule has 10 heteroatoms. The number of hydrogen-bond acceptors (Lipinski definition) is 8. The van der Waals surface area contributed by atoms with Crippen molar-refractivity contribution in [3.8, 4) is 6.07 Å². The van der Waals surface area contributed by atoms with Crippen molar-refractivity contribution in [2.75, 3.05) is 6.54 Å². The molecule has 31 heavy (non-hydrogen) atoms. The Bertz CT molecular complexity index is 1090. The molecule has 0 aliphatic carbocycles. The summed E-state index contributed by atoms with van der Waals surface area (Å²) in [6.45, 7) is 8.75. The van der Waals surface area contributed by atoms with E-state index in [0.29, 0.717) is 23.5 Å². The van der Waals surface area contributed by atoms with E-state index in [1.54, 1.807) is 24.8 Å². The summed E-state index contributed by atoms with van der Waals surface area (Å²) in [7, 11) is 0. The average molecular weight is 419 g/mol. The normalized spacial score (nSPS) is 22.6. The van der Waals surface area contributed by atoms with Crippen LogP contribution in [0.15, 0.2) is 52.6 Å². The molecular weight excluding hydrogens is 392 g/mol. The van der Waals surface area contributed by atoms with E-state index >= 15 is 0 Å². The molecule has 3 atom stereocenters. The number of nitriles is 1. The maximum Gasteiger partial charge on any atom is 0.157 e. The van der Waals surface area contributed by atoms with Gasteiger partial charge in [-0.2, -0.15) is 5.26 Å². The average Bonchev–Trinajstić information content (AvgIpc) is 3.19. The van der Waals surface area contributed by atoms with Crippen molar-refractivity contribution in [1.82, 2.24) is 24.6 Å². The van der Waals surface area contributed by atoms with Gasteiger partial charge in [0.05, 0.1) is 30.7 Å². The van der Waals surface area contributed by atoms with E-state index in [0.717, 1.165) is 18.1 Å². The molecule has 1 saturated heterocycles. The molecule has 2 aromatic rings. The molecular formula is C21H26N10. The minimum absolute atomic E-state index is 0.00242. The lowest BCUT2D eigenvalue weighted by Crippen LogP contribution is -2.62. The van der Waals surface area contributed by atoms with Gasteiger partial charge in [0.1, 0.15) is 11.9 Å². The van der Waals surface area contributed by atoms with E-state index in [-0.39, 0.29) is 18.1 Å². The second-order valence-electron chi connectivity index (χ2n) is 7.28. The number of nitrogens with two attached hydrogens (primary N) is 1. The van der Waals surface area contributed by atoms with Crippen LogP contribution in [0, 0.1) is 16.7 Å². The van der Waals surface area contributed by atoms with Crippen molar-refractivity contribution >= 4 is 24.4 Å². The van der Waals surface area contributed by atoms with Crippen LogP contribution in [0.4, 0.5) is 0 Å². The standard InChI is InChI=1S/C21H26N10/c1-14-12-30(15(2)21(29-14)16(6-22)7-23)19(4-5-25-3)27-9-18-10-28-20-11-26-17(8-24)13-31(18)20/h4-7,10-11,13-15,21-22,29H,3,9,12,23H2,1-2H3/b5-4-,16-7+,22-6?,27-19+. The number of amidine groups is 1. The van der Waals surface area contributed by atoms with Crippen LogP contribution in [-0.2, 0) is 6.54 Å². The Morgan fingerprint density at radius 1 is 1.45 bits per heavy atom. The molecule has 0 radical (unpaired) electrons. The zero-order valence-electron chi connectivity index (χ0n) is 17.6. The lowest BCUT2D eigenvalue weighted by Gasteiger charge is -2.44. The highest BCUT2D eigenvalue weighted by atomic mass is 15.3. The van der Waals surface area contributed by atoms with Gasteiger partial charge in [-0.25, -0.2) is 9.97 Å². The molecule has 3 rings (SSSR count). The number of nitrogens with one attached hydrogen (secondary N) is 2. The van der Waals surface area contributed by atoms with Crippen LogP contribution in [0.3, 0.4) is 0 Å². The maximum atomic E-state index is 9.13. The molecule has 0 spiro atoms. The van der Waals surface area contributed by atoms with Gasteiger partial charge in [0.2, 0.25) is 0 Å². The van der Waals surface area contributed by atoms with Crippen molar-refractivity contribution < 1.29 is 0 Å². The van der Waals surface area contributed by atoms with Gasteiger partial charge < -0.3 is 21.4 Å². The van der Waals surface area contributed by atoms with Crippen molar-refractivity contribution in [2.45, 2.75) is 38.5 Å². The largest absolute Gasteiger partial charge is 0.404 e. The van der Waals surface area contributed by atoms with Gasteiger partial charge in [-0.1, -0.05) is 0 Å². The molecule has 0 amide bonds. The Hall–Kier alpha value is -3.84. The molecule has 1 aliphatic rings. The predicted octanol–water partition coefficient (Wildman–Crippen LogP) is 1.26. The molecule has 0 saturated carbocycles. The first-order chi connectivity index (χ1) is 15.0. The first-order valence-corrected chi connectivity index (χ1v) is 9.86. The molecule has 2 aromatic heterocycles. The SMILES string of the molecule is C=N/C=C\C(=N/Cc1cnc2cnc(C#N)cn12)N1CC(C)NC(/C(C=N)=C/N)C1C. The fourth-order valence-corrected chi connectivity index (χ4v) is 3.69. The summed E-state index contributed by atoms with van der Waals surface area (Å²) in [6.07, 6.45) is 11.1. The summed E-state index contributed by atoms with van der Waals surface area (Å²) in [5.41, 5.74) is 8.26. The first kappa shape index (κ1) is 21.9. The zero-order valence-corrected chi connectivity index (χ0v) is 17.6. The lowest BCUT2D eigenvalue weighted by atomic mass is 9.95. The maximum absolute atomic E-state index is 9.13. The van der Waals surface area contributed by atoms with Crippen LogP contribution in [0.5, 0.6) is 0 Å². The van der Waals surface area contributed by atoms with E-state index in [9.17, 15) is 0 Å². The second kappa shape index (κ2) is 9.77. The molecule has 3 heterocycles. The molecule has 1 fully saturated rings. The third-order valence-electron chi connectivity index (χ3n) is 5.24. The smallest absolute Gasteiger partial charge is 0.157 e. The van der Waals surface area contributed by atoms with Crippen molar-refractivity contribution in [3.05, 3.63) is 54.0 Å². The Kier molecular flexibility index (Phi) is 6.89. The van der Waals surface area contributed by atoms with Gasteiger partial charge >= 0.3 is 0 Å². The van der Waals surface area contributed by atoms with Crippen molar-refractivity contribution in [1.29, 1.82) is 10.7 Å². The van der Waals surface area contributed by atoms with Crippen molar-refractivity contribution in [2.24, 2.45) is 15.7 Å². The van der Waals surface area contributed by atoms with Crippen LogP contribution < -0.4 is 11.1 Å². The van der Waals surface area contributed by atoms with Crippen LogP contribution >= 0.6 is 0 Å². The quantitative estimate of drug-likeness (QED) is 0.476. The van der Waals surface area contributed by atoms with E-state index < -0.39 is 0 Å². The van der Waals surface area contributed by atoms with E-state index in [1.807, 2.05) is 16.5 Å². The Labute approximate surface area is 181 Å². The van der Waals surface area contributed by atoms with E-state index in [4.69, 9.17) is 21.4 Å². The van der Waals surface area contributed by atoms with E-state index in [1.165, 1.54) is 12.4 Å². The summed E-state index contributed by atoms with van der Waals surface area (Å²) in [4.78, 5) is 19.2. The molecule has 0 bridgehead atoms. The topological polar surface area (TPSA) is 144 Å². The molecule has 4 N–H and O–H groups in total. The fraction of sp³-hybridized carbons (Fsp3) is 0.333. The van der Waals surface area contributed by atoms with Crippen LogP contribution in [0.1, 0.15) is 25.2 Å². The second-order valence-corrected chi connectivity index (χ2v) is 7.28. The van der Waals surface area contributed by atoms with Gasteiger partial charge in [0, 0.05) is 49.0 Å². The molecule has 1 aliphatic heterocycles. The molecule has 0 aromatic carbocycles. The van der Waals surface area contributed by atoms with Gasteiger partial charge in [-0.05, 0) is 26.6 Å². The highest BCUT2D eigenvalue weighted by Crippen LogP contribution is 2.19. The lowest BCUT2D eigenvalue weighted by molar-refractivity contribution is 0.197. The van der Waals surface area contributed by atoms with E-state index in [2.05, 4.69) is 45.7 Å². The zero-order chi connectivity index (χ0) is 22.4. The summed E-state index contributed by atoms with van der Waals surface area (Å²) in [5, 5.41) is 20.3. The summed E-state index contributed by atoms with van der Waals surface area (Å²) < 4.78 is 1.82. The summed E-state index contributed by atoms with van der Waals surface area (Å²) in [6, 6.07) is 2.09. The van der Waals surface area contributed by atoms with Crippen LogP contribution in [0.2, 0.25) is 0 Å². The third kappa shape index (κ3) is 4.67. The number of nitrogens with zero attached hydrogens (tertiary/aromatic N) is 7. The number of rotatable bonds is 6. The summed E-state index contributed by atoms with van der Waals surface area (Å²) in [5.74, 6) is 0.740. The Morgan fingerprint density at radius 2 is 2.26 bits per heavy atom. The minimum Gasteiger partial charge on any atom is -0.404 e. The van der Waals surface area contributed by atoms with Crippen LogP contribution in [0.25, 0.3) is 5.65 Å². The Balaban J connectivity index is 1.95. The number of hydrogen-bond donors (Lipinski definition) is 3. The Morgan fingerprint density at radius 3 is 2.94 bits per heavy atom. The number of imidazole rings is 1. The first-order valence-electron chi connectivity index (χ1n) is 9.86. The third-order valence-corrected chi connectivity index (χ3v) is 5.24. The van der Waals surface area contributed by atoms with Gasteiger partial charge in [0.25, 0.3) is 0 Å². The highest BCUT2D eigenvalue weighted by molar-refractivity contribution is 5.93. The van der Waals surface area contributed by atoms with Gasteiger partial charge in [-0.3, -0.25) is 14.4 Å². The highest BCUT2D eigenvalue weighted by Gasteiger charge is 2.33. The fourth-order valence-electron chi connectivity index (χ4n) is 3.69. The van der Waals surface area contributed by atoms with Crippen molar-refractivity contribution in [3.63, 3.8) is 0 Å². The molecule has 10 nitrogen and oxygen atoms in total. The molecule has 160 valence electrons. The predicted molar refractivity (Wildman–Crippen MR) is 121 cm³/mol. The summed E-state index contributed by atoms with van der Waals surface area (Å²) >= 11 is 0. The number of fused-ring (bicyclic) bond motifs is 1. The van der Waals surface area contributed by atoms with Crippen LogP contribution in [-0.4, -0.2) is 62.7 Å². The van der Waals surface area contributed by atoms with Gasteiger partial charge in [-0.15, -0.1) is 0 Å².